The van der Waals surface area contributed by atoms with Gasteiger partial charge in [-0.15, -0.1) is 5.10 Å². The van der Waals surface area contributed by atoms with Crippen molar-refractivity contribution in [3.63, 3.8) is 0 Å². The highest BCUT2D eigenvalue weighted by molar-refractivity contribution is 5.84. The highest BCUT2D eigenvalue weighted by atomic mass is 16.2. The van der Waals surface area contributed by atoms with Gasteiger partial charge in [-0.25, -0.2) is 4.68 Å². The predicted molar refractivity (Wildman–Crippen MR) is 102 cm³/mol. The lowest BCUT2D eigenvalue weighted by atomic mass is 10.1. The number of carbonyl (C=O) groups excluding carboxylic acids is 1. The standard InChI is InChI=1S/C19H25N7O/c1-14-15(16-6-2-3-7-17(16)21-14)8-9-20-19(27)13-26-18(22-23-24-26)12-25-10-4-5-11-25/h2-3,6-7,21H,4-5,8-13H2,1H3,(H,20,27). The largest absolute Gasteiger partial charge is 0.358 e. The smallest absolute Gasteiger partial charge is 0.241 e. The van der Waals surface area contributed by atoms with E-state index in [1.54, 1.807) is 4.68 Å². The maximum absolute atomic E-state index is 12.3. The number of aromatic amines is 1. The number of amides is 1. The zero-order chi connectivity index (χ0) is 18.6. The first-order valence-electron chi connectivity index (χ1n) is 9.51. The molecule has 0 unspecified atom stereocenters. The van der Waals surface area contributed by atoms with Gasteiger partial charge in [-0.3, -0.25) is 9.69 Å². The quantitative estimate of drug-likeness (QED) is 0.659. The zero-order valence-corrected chi connectivity index (χ0v) is 15.6. The average Bonchev–Trinajstić information content (AvgIpc) is 3.38. The fourth-order valence-corrected chi connectivity index (χ4v) is 3.78. The van der Waals surface area contributed by atoms with Gasteiger partial charge in [0, 0.05) is 23.1 Å². The molecule has 3 aromatic rings. The van der Waals surface area contributed by atoms with Crippen LogP contribution in [-0.2, 0) is 24.3 Å². The number of carbonyl (C=O) groups is 1. The van der Waals surface area contributed by atoms with E-state index in [2.05, 4.69) is 49.8 Å². The highest BCUT2D eigenvalue weighted by Crippen LogP contribution is 2.21. The summed E-state index contributed by atoms with van der Waals surface area (Å²) >= 11 is 0. The summed E-state index contributed by atoms with van der Waals surface area (Å²) in [5.41, 5.74) is 3.54. The minimum atomic E-state index is -0.0672. The predicted octanol–water partition coefficient (Wildman–Crippen LogP) is 1.42. The molecule has 142 valence electrons. The Morgan fingerprint density at radius 1 is 1.26 bits per heavy atom. The third-order valence-corrected chi connectivity index (χ3v) is 5.19. The Labute approximate surface area is 157 Å². The molecule has 0 radical (unpaired) electrons. The Morgan fingerprint density at radius 2 is 2.07 bits per heavy atom. The Morgan fingerprint density at radius 3 is 2.93 bits per heavy atom. The number of nitrogens with one attached hydrogen (secondary N) is 2. The van der Waals surface area contributed by atoms with Crippen molar-refractivity contribution in [1.82, 2.24) is 35.4 Å². The maximum Gasteiger partial charge on any atom is 0.241 e. The minimum Gasteiger partial charge on any atom is -0.358 e. The number of hydrogen-bond donors (Lipinski definition) is 2. The lowest BCUT2D eigenvalue weighted by Gasteiger charge is -2.13. The Hall–Kier alpha value is -2.74. The third-order valence-electron chi connectivity index (χ3n) is 5.19. The summed E-state index contributed by atoms with van der Waals surface area (Å²) in [7, 11) is 0. The fraction of sp³-hybridized carbons (Fsp3) is 0.474. The van der Waals surface area contributed by atoms with E-state index in [0.717, 1.165) is 36.5 Å². The Bertz CT molecular complexity index is 923. The van der Waals surface area contributed by atoms with Crippen molar-refractivity contribution in [2.75, 3.05) is 19.6 Å². The molecular weight excluding hydrogens is 342 g/mol. The van der Waals surface area contributed by atoms with Crippen molar-refractivity contribution in [2.45, 2.75) is 39.3 Å². The van der Waals surface area contributed by atoms with Gasteiger partial charge in [0.1, 0.15) is 6.54 Å². The van der Waals surface area contributed by atoms with Crippen molar-refractivity contribution < 1.29 is 4.79 Å². The molecule has 1 fully saturated rings. The van der Waals surface area contributed by atoms with Gasteiger partial charge in [0.25, 0.3) is 0 Å². The number of aromatic nitrogens is 5. The first-order valence-corrected chi connectivity index (χ1v) is 9.51. The molecule has 0 atom stereocenters. The second-order valence-electron chi connectivity index (χ2n) is 7.11. The minimum absolute atomic E-state index is 0.0672. The summed E-state index contributed by atoms with van der Waals surface area (Å²) in [6.07, 6.45) is 3.22. The molecule has 1 aliphatic heterocycles. The number of aryl methyl sites for hydroxylation is 1. The molecule has 27 heavy (non-hydrogen) atoms. The summed E-state index contributed by atoms with van der Waals surface area (Å²) < 4.78 is 1.60. The molecule has 3 heterocycles. The van der Waals surface area contributed by atoms with E-state index in [0.29, 0.717) is 13.1 Å². The topological polar surface area (TPSA) is 91.7 Å². The average molecular weight is 367 g/mol. The van der Waals surface area contributed by atoms with E-state index in [1.165, 1.54) is 23.8 Å². The van der Waals surface area contributed by atoms with E-state index in [-0.39, 0.29) is 12.5 Å². The zero-order valence-electron chi connectivity index (χ0n) is 15.6. The lowest BCUT2D eigenvalue weighted by molar-refractivity contribution is -0.121. The second-order valence-corrected chi connectivity index (χ2v) is 7.11. The van der Waals surface area contributed by atoms with Gasteiger partial charge in [0.2, 0.25) is 5.91 Å². The summed E-state index contributed by atoms with van der Waals surface area (Å²) in [5, 5.41) is 16.0. The summed E-state index contributed by atoms with van der Waals surface area (Å²) in [6.45, 7) is 5.66. The van der Waals surface area contributed by atoms with Crippen LogP contribution in [0.1, 0.15) is 29.9 Å². The van der Waals surface area contributed by atoms with Crippen molar-refractivity contribution in [2.24, 2.45) is 0 Å². The molecule has 0 saturated carbocycles. The van der Waals surface area contributed by atoms with Crippen LogP contribution >= 0.6 is 0 Å². The van der Waals surface area contributed by atoms with Crippen LogP contribution in [0.3, 0.4) is 0 Å². The number of para-hydroxylation sites is 1. The third kappa shape index (κ3) is 4.00. The summed E-state index contributed by atoms with van der Waals surface area (Å²) in [5.74, 6) is 0.682. The van der Waals surface area contributed by atoms with E-state index in [4.69, 9.17) is 0 Å². The Balaban J connectivity index is 1.31. The number of hydrogen-bond acceptors (Lipinski definition) is 5. The first kappa shape index (κ1) is 17.7. The number of rotatable bonds is 7. The van der Waals surface area contributed by atoms with Gasteiger partial charge in [-0.05, 0) is 61.3 Å². The van der Waals surface area contributed by atoms with Gasteiger partial charge < -0.3 is 10.3 Å². The number of tetrazole rings is 1. The number of H-pyrrole nitrogens is 1. The van der Waals surface area contributed by atoms with Crippen molar-refractivity contribution in [1.29, 1.82) is 0 Å². The van der Waals surface area contributed by atoms with E-state index >= 15 is 0 Å². The number of nitrogens with zero attached hydrogens (tertiary/aromatic N) is 5. The summed E-state index contributed by atoms with van der Waals surface area (Å²) in [6, 6.07) is 8.25. The van der Waals surface area contributed by atoms with Crippen molar-refractivity contribution >= 4 is 16.8 Å². The molecule has 1 saturated heterocycles. The number of fused-ring (bicyclic) bond motifs is 1. The molecule has 8 nitrogen and oxygen atoms in total. The van der Waals surface area contributed by atoms with Crippen LogP contribution in [0.15, 0.2) is 24.3 Å². The fourth-order valence-electron chi connectivity index (χ4n) is 3.78. The van der Waals surface area contributed by atoms with Gasteiger partial charge in [-0.2, -0.15) is 0 Å². The van der Waals surface area contributed by atoms with Crippen LogP contribution in [0.5, 0.6) is 0 Å². The SMILES string of the molecule is Cc1[nH]c2ccccc2c1CCNC(=O)Cn1nnnc1CN1CCCC1. The summed E-state index contributed by atoms with van der Waals surface area (Å²) in [4.78, 5) is 18.0. The van der Waals surface area contributed by atoms with Crippen LogP contribution < -0.4 is 5.32 Å². The molecule has 4 rings (SSSR count). The molecule has 1 amide bonds. The van der Waals surface area contributed by atoms with Crippen molar-refractivity contribution in [3.8, 4) is 0 Å². The molecular formula is C19H25N7O. The number of likely N-dealkylation sites (tertiary alicyclic amines) is 1. The van der Waals surface area contributed by atoms with Crippen LogP contribution in [-0.4, -0.2) is 55.6 Å². The van der Waals surface area contributed by atoms with Crippen molar-refractivity contribution in [3.05, 3.63) is 41.3 Å². The van der Waals surface area contributed by atoms with Gasteiger partial charge in [0.05, 0.1) is 6.54 Å². The lowest BCUT2D eigenvalue weighted by Crippen LogP contribution is -2.31. The molecule has 2 N–H and O–H groups in total. The molecule has 2 aromatic heterocycles. The van der Waals surface area contributed by atoms with Crippen LogP contribution in [0.2, 0.25) is 0 Å². The monoisotopic (exact) mass is 367 g/mol. The Kier molecular flexibility index (Phi) is 5.15. The molecule has 1 aliphatic rings. The van der Waals surface area contributed by atoms with Crippen LogP contribution in [0.25, 0.3) is 10.9 Å². The van der Waals surface area contributed by atoms with Gasteiger partial charge in [0.15, 0.2) is 5.82 Å². The first-order chi connectivity index (χ1) is 13.2. The maximum atomic E-state index is 12.3. The molecule has 8 heteroatoms. The van der Waals surface area contributed by atoms with Crippen LogP contribution in [0.4, 0.5) is 0 Å². The normalized spacial score (nSPS) is 14.9. The molecule has 0 bridgehead atoms. The van der Waals surface area contributed by atoms with E-state index in [9.17, 15) is 4.79 Å². The number of benzene rings is 1. The van der Waals surface area contributed by atoms with Gasteiger partial charge >= 0.3 is 0 Å². The molecule has 1 aromatic carbocycles. The van der Waals surface area contributed by atoms with E-state index in [1.807, 2.05) is 12.1 Å². The van der Waals surface area contributed by atoms with Gasteiger partial charge in [-0.1, -0.05) is 18.2 Å². The van der Waals surface area contributed by atoms with Crippen LogP contribution in [0, 0.1) is 6.92 Å². The molecule has 0 spiro atoms. The highest BCUT2D eigenvalue weighted by Gasteiger charge is 2.17. The van der Waals surface area contributed by atoms with E-state index < -0.39 is 0 Å². The second kappa shape index (κ2) is 7.87. The molecule has 0 aliphatic carbocycles.